The average molecular weight is 412 g/mol. The van der Waals surface area contributed by atoms with E-state index >= 15 is 0 Å². The van der Waals surface area contributed by atoms with Crippen LogP contribution in [-0.2, 0) is 0 Å². The normalized spacial score (nSPS) is 11.1. The van der Waals surface area contributed by atoms with Crippen LogP contribution in [0.3, 0.4) is 0 Å². The number of hydrogen-bond donors (Lipinski definition) is 0. The average Bonchev–Trinajstić information content (AvgIpc) is 2.73. The topological polar surface area (TPSA) is 38.7 Å². The fraction of sp³-hybridized carbons (Fsp3) is 0. The van der Waals surface area contributed by atoms with Crippen LogP contribution in [0.15, 0.2) is 89.5 Å². The van der Waals surface area contributed by atoms with Gasteiger partial charge in [0, 0.05) is 21.8 Å². The van der Waals surface area contributed by atoms with E-state index in [-0.39, 0.29) is 0 Å². The van der Waals surface area contributed by atoms with Gasteiger partial charge in [0.1, 0.15) is 11.2 Å². The lowest BCUT2D eigenvalue weighted by atomic mass is 10.0. The molecule has 0 aliphatic carbocycles. The Balaban J connectivity index is 1.84. The van der Waals surface area contributed by atoms with Gasteiger partial charge in [0.15, 0.2) is 5.82 Å². The Morgan fingerprint density at radius 3 is 2.41 bits per heavy atom. The van der Waals surface area contributed by atoms with Crippen molar-refractivity contribution < 1.29 is 0 Å². The largest absolute Gasteiger partial charge is 0.252 e. The Morgan fingerprint density at radius 1 is 0.704 bits per heavy atom. The highest BCUT2D eigenvalue weighted by atomic mass is 79.9. The molecule has 2 heterocycles. The maximum atomic E-state index is 4.93. The smallest absolute Gasteiger partial charge is 0.160 e. The van der Waals surface area contributed by atoms with E-state index < -0.39 is 0 Å². The summed E-state index contributed by atoms with van der Waals surface area (Å²) in [5, 5.41) is 2.34. The lowest BCUT2D eigenvalue weighted by Gasteiger charge is -2.11. The third-order valence-electron chi connectivity index (χ3n) is 4.60. The molecule has 3 nitrogen and oxygen atoms in total. The summed E-state index contributed by atoms with van der Waals surface area (Å²) in [6, 6.07) is 26.6. The first-order chi connectivity index (χ1) is 13.3. The minimum atomic E-state index is 0.700. The molecule has 3 aromatic carbocycles. The van der Waals surface area contributed by atoms with Crippen LogP contribution in [0.25, 0.3) is 44.5 Å². The molecule has 4 heteroatoms. The Bertz CT molecular complexity index is 1270. The number of aromatic nitrogens is 3. The van der Waals surface area contributed by atoms with E-state index in [1.807, 2.05) is 36.4 Å². The second-order valence-electron chi connectivity index (χ2n) is 6.30. The molecule has 0 atom stereocenters. The maximum Gasteiger partial charge on any atom is 0.160 e. The van der Waals surface area contributed by atoms with Crippen molar-refractivity contribution >= 4 is 37.7 Å². The van der Waals surface area contributed by atoms with E-state index in [4.69, 9.17) is 9.97 Å². The van der Waals surface area contributed by atoms with Gasteiger partial charge in [-0.05, 0) is 35.0 Å². The lowest BCUT2D eigenvalue weighted by Crippen LogP contribution is -1.97. The van der Waals surface area contributed by atoms with Gasteiger partial charge in [-0.3, -0.25) is 4.98 Å². The van der Waals surface area contributed by atoms with E-state index in [2.05, 4.69) is 63.4 Å². The summed E-state index contributed by atoms with van der Waals surface area (Å²) in [7, 11) is 0. The molecule has 0 spiro atoms. The van der Waals surface area contributed by atoms with Crippen LogP contribution in [-0.4, -0.2) is 15.0 Å². The lowest BCUT2D eigenvalue weighted by molar-refractivity contribution is 1.21. The van der Waals surface area contributed by atoms with Gasteiger partial charge in [-0.15, -0.1) is 0 Å². The van der Waals surface area contributed by atoms with E-state index in [1.54, 1.807) is 6.20 Å². The van der Waals surface area contributed by atoms with Gasteiger partial charge >= 0.3 is 0 Å². The zero-order chi connectivity index (χ0) is 18.2. The standard InChI is InChI=1S/C23H14BrN3/c24-17-12-10-16(11-13-17)23-26-20-9-4-14-25-22(20)21(27-23)19-8-3-6-15-5-1-2-7-18(15)19/h1-14H. The molecular weight excluding hydrogens is 398 g/mol. The van der Waals surface area contributed by atoms with Crippen molar-refractivity contribution in [2.45, 2.75) is 0 Å². The molecule has 0 N–H and O–H groups in total. The molecular formula is C23H14BrN3. The number of halogens is 1. The number of hydrogen-bond acceptors (Lipinski definition) is 3. The zero-order valence-electron chi connectivity index (χ0n) is 14.3. The number of fused-ring (bicyclic) bond motifs is 2. The summed E-state index contributed by atoms with van der Waals surface area (Å²) in [6.45, 7) is 0. The molecule has 0 fully saturated rings. The highest BCUT2D eigenvalue weighted by Crippen LogP contribution is 2.32. The molecule has 5 rings (SSSR count). The molecule has 0 bridgehead atoms. The summed E-state index contributed by atoms with van der Waals surface area (Å²) in [5.74, 6) is 0.700. The fourth-order valence-electron chi connectivity index (χ4n) is 3.32. The van der Waals surface area contributed by atoms with Gasteiger partial charge in [-0.25, -0.2) is 9.97 Å². The second-order valence-corrected chi connectivity index (χ2v) is 7.22. The monoisotopic (exact) mass is 411 g/mol. The Labute approximate surface area is 164 Å². The third-order valence-corrected chi connectivity index (χ3v) is 5.13. The van der Waals surface area contributed by atoms with Gasteiger partial charge < -0.3 is 0 Å². The summed E-state index contributed by atoms with van der Waals surface area (Å²) in [4.78, 5) is 14.3. The molecule has 2 aromatic heterocycles. The van der Waals surface area contributed by atoms with E-state index in [0.29, 0.717) is 5.82 Å². The molecule has 0 radical (unpaired) electrons. The van der Waals surface area contributed by atoms with E-state index in [9.17, 15) is 0 Å². The highest BCUT2D eigenvalue weighted by Gasteiger charge is 2.14. The predicted octanol–water partition coefficient (Wildman–Crippen LogP) is 6.27. The van der Waals surface area contributed by atoms with Gasteiger partial charge in [0.25, 0.3) is 0 Å². The van der Waals surface area contributed by atoms with Crippen LogP contribution in [0, 0.1) is 0 Å². The SMILES string of the molecule is Brc1ccc(-c2nc(-c3cccc4ccccc34)c3ncccc3n2)cc1. The fourth-order valence-corrected chi connectivity index (χ4v) is 3.58. The van der Waals surface area contributed by atoms with Crippen LogP contribution < -0.4 is 0 Å². The Kier molecular flexibility index (Phi) is 3.91. The van der Waals surface area contributed by atoms with Gasteiger partial charge in [0.05, 0.1) is 5.52 Å². The Hall–Kier alpha value is -3.11. The molecule has 27 heavy (non-hydrogen) atoms. The van der Waals surface area contributed by atoms with Gasteiger partial charge in [-0.1, -0.05) is 70.5 Å². The summed E-state index contributed by atoms with van der Waals surface area (Å²) < 4.78 is 1.03. The second kappa shape index (κ2) is 6.56. The minimum absolute atomic E-state index is 0.700. The number of rotatable bonds is 2. The third kappa shape index (κ3) is 2.88. The van der Waals surface area contributed by atoms with Crippen LogP contribution in [0.5, 0.6) is 0 Å². The van der Waals surface area contributed by atoms with E-state index in [1.165, 1.54) is 5.39 Å². The molecule has 0 aliphatic rings. The number of nitrogens with zero attached hydrogens (tertiary/aromatic N) is 3. The van der Waals surface area contributed by atoms with Crippen molar-refractivity contribution in [3.8, 4) is 22.6 Å². The molecule has 0 aliphatic heterocycles. The zero-order valence-corrected chi connectivity index (χ0v) is 15.9. The van der Waals surface area contributed by atoms with Gasteiger partial charge in [0.2, 0.25) is 0 Å². The number of benzene rings is 3. The van der Waals surface area contributed by atoms with E-state index in [0.717, 1.165) is 37.7 Å². The molecule has 0 unspecified atom stereocenters. The van der Waals surface area contributed by atoms with Crippen molar-refractivity contribution in [3.05, 3.63) is 89.5 Å². The van der Waals surface area contributed by atoms with Crippen molar-refractivity contribution in [1.82, 2.24) is 15.0 Å². The molecule has 0 saturated carbocycles. The quantitative estimate of drug-likeness (QED) is 0.343. The van der Waals surface area contributed by atoms with Crippen molar-refractivity contribution in [1.29, 1.82) is 0 Å². The highest BCUT2D eigenvalue weighted by molar-refractivity contribution is 9.10. The van der Waals surface area contributed by atoms with Crippen LogP contribution in [0.1, 0.15) is 0 Å². The maximum absolute atomic E-state index is 4.93. The van der Waals surface area contributed by atoms with Crippen molar-refractivity contribution in [3.63, 3.8) is 0 Å². The first-order valence-electron chi connectivity index (χ1n) is 8.66. The summed E-state index contributed by atoms with van der Waals surface area (Å²) in [5.41, 5.74) is 4.56. The molecule has 0 amide bonds. The molecule has 5 aromatic rings. The number of pyridine rings is 1. The van der Waals surface area contributed by atoms with Crippen LogP contribution in [0.2, 0.25) is 0 Å². The first-order valence-corrected chi connectivity index (χ1v) is 9.46. The minimum Gasteiger partial charge on any atom is -0.252 e. The molecule has 128 valence electrons. The summed E-state index contributed by atoms with van der Waals surface area (Å²) in [6.07, 6.45) is 1.79. The Morgan fingerprint density at radius 2 is 1.52 bits per heavy atom. The predicted molar refractivity (Wildman–Crippen MR) is 113 cm³/mol. The van der Waals surface area contributed by atoms with Crippen molar-refractivity contribution in [2.75, 3.05) is 0 Å². The first kappa shape index (κ1) is 16.1. The van der Waals surface area contributed by atoms with Crippen molar-refractivity contribution in [2.24, 2.45) is 0 Å². The molecule has 0 saturated heterocycles. The van der Waals surface area contributed by atoms with Crippen LogP contribution >= 0.6 is 15.9 Å². The summed E-state index contributed by atoms with van der Waals surface area (Å²) >= 11 is 3.49. The van der Waals surface area contributed by atoms with Gasteiger partial charge in [-0.2, -0.15) is 0 Å². The van der Waals surface area contributed by atoms with Crippen LogP contribution in [0.4, 0.5) is 0 Å².